The van der Waals surface area contributed by atoms with Crippen LogP contribution in [0.3, 0.4) is 0 Å². The number of para-hydroxylation sites is 1. The van der Waals surface area contributed by atoms with Gasteiger partial charge in [-0.3, -0.25) is 14.7 Å². The number of amides is 1. The molecule has 1 aromatic carbocycles. The van der Waals surface area contributed by atoms with E-state index in [1.54, 1.807) is 12.4 Å². The molecule has 26 heavy (non-hydrogen) atoms. The van der Waals surface area contributed by atoms with Crippen molar-refractivity contribution in [2.75, 3.05) is 51.2 Å². The highest BCUT2D eigenvalue weighted by Crippen LogP contribution is 2.15. The third kappa shape index (κ3) is 5.30. The number of pyridine rings is 1. The summed E-state index contributed by atoms with van der Waals surface area (Å²) in [6.07, 6.45) is 5.07. The number of anilines is 1. The van der Waals surface area contributed by atoms with Gasteiger partial charge in [0.05, 0.1) is 0 Å². The number of benzene rings is 1. The molecule has 138 valence electrons. The standard InChI is InChI=1S/C21H28N4O/c1-23(13-9-19-7-11-22-12-8-19)21(26)10-14-24-15-17-25(18-16-24)20-5-3-2-4-6-20/h2-8,11-12H,9-10,13-18H2,1H3. The molecule has 2 aromatic rings. The van der Waals surface area contributed by atoms with Crippen LogP contribution in [-0.4, -0.2) is 67.0 Å². The van der Waals surface area contributed by atoms with Crippen LogP contribution in [0, 0.1) is 0 Å². The average Bonchev–Trinajstić information content (AvgIpc) is 2.72. The molecular weight excluding hydrogens is 324 g/mol. The van der Waals surface area contributed by atoms with Crippen LogP contribution in [0.5, 0.6) is 0 Å². The number of carbonyl (C=O) groups excluding carboxylic acids is 1. The molecular formula is C21H28N4O. The van der Waals surface area contributed by atoms with Crippen molar-refractivity contribution in [1.82, 2.24) is 14.8 Å². The molecule has 1 aliphatic rings. The fourth-order valence-electron chi connectivity index (χ4n) is 3.28. The molecule has 0 spiro atoms. The molecule has 5 nitrogen and oxygen atoms in total. The van der Waals surface area contributed by atoms with Crippen LogP contribution in [0.1, 0.15) is 12.0 Å². The Morgan fingerprint density at radius 1 is 1.04 bits per heavy atom. The molecule has 5 heteroatoms. The molecule has 0 unspecified atom stereocenters. The van der Waals surface area contributed by atoms with E-state index < -0.39 is 0 Å². The van der Waals surface area contributed by atoms with E-state index in [0.717, 1.165) is 45.7 Å². The highest BCUT2D eigenvalue weighted by molar-refractivity contribution is 5.76. The Bertz CT molecular complexity index is 669. The zero-order chi connectivity index (χ0) is 18.2. The second-order valence-corrected chi connectivity index (χ2v) is 6.83. The number of hydrogen-bond donors (Lipinski definition) is 0. The summed E-state index contributed by atoms with van der Waals surface area (Å²) in [6.45, 7) is 5.68. The van der Waals surface area contributed by atoms with Crippen LogP contribution >= 0.6 is 0 Å². The van der Waals surface area contributed by atoms with Crippen molar-refractivity contribution in [3.63, 3.8) is 0 Å². The fraction of sp³-hybridized carbons (Fsp3) is 0.429. The van der Waals surface area contributed by atoms with Gasteiger partial charge in [0, 0.05) is 70.8 Å². The number of hydrogen-bond acceptors (Lipinski definition) is 4. The van der Waals surface area contributed by atoms with Gasteiger partial charge in [-0.05, 0) is 36.2 Å². The SMILES string of the molecule is CN(CCc1ccncc1)C(=O)CCN1CCN(c2ccccc2)CC1. The van der Waals surface area contributed by atoms with Gasteiger partial charge in [0.15, 0.2) is 0 Å². The molecule has 0 radical (unpaired) electrons. The Hall–Kier alpha value is -2.40. The average molecular weight is 352 g/mol. The van der Waals surface area contributed by atoms with E-state index in [-0.39, 0.29) is 5.91 Å². The largest absolute Gasteiger partial charge is 0.369 e. The minimum absolute atomic E-state index is 0.226. The van der Waals surface area contributed by atoms with E-state index in [1.165, 1.54) is 11.3 Å². The summed E-state index contributed by atoms with van der Waals surface area (Å²) in [5.74, 6) is 0.226. The predicted molar refractivity (Wildman–Crippen MR) is 105 cm³/mol. The number of rotatable bonds is 7. The normalized spacial score (nSPS) is 15.0. The molecule has 0 atom stereocenters. The number of carbonyl (C=O) groups is 1. The third-order valence-electron chi connectivity index (χ3n) is 5.05. The van der Waals surface area contributed by atoms with E-state index in [4.69, 9.17) is 0 Å². The summed E-state index contributed by atoms with van der Waals surface area (Å²) in [7, 11) is 1.90. The Kier molecular flexibility index (Phi) is 6.61. The van der Waals surface area contributed by atoms with Gasteiger partial charge < -0.3 is 9.80 Å². The Morgan fingerprint density at radius 2 is 1.73 bits per heavy atom. The van der Waals surface area contributed by atoms with Crippen molar-refractivity contribution < 1.29 is 4.79 Å². The number of aromatic nitrogens is 1. The molecule has 2 heterocycles. The van der Waals surface area contributed by atoms with Crippen molar-refractivity contribution in [1.29, 1.82) is 0 Å². The van der Waals surface area contributed by atoms with E-state index in [1.807, 2.05) is 24.1 Å². The first kappa shape index (κ1) is 18.4. The molecule has 0 saturated carbocycles. The minimum atomic E-state index is 0.226. The maximum absolute atomic E-state index is 12.4. The second kappa shape index (κ2) is 9.34. The smallest absolute Gasteiger partial charge is 0.223 e. The monoisotopic (exact) mass is 352 g/mol. The summed E-state index contributed by atoms with van der Waals surface area (Å²) in [5, 5.41) is 0. The van der Waals surface area contributed by atoms with Crippen molar-refractivity contribution >= 4 is 11.6 Å². The van der Waals surface area contributed by atoms with Crippen LogP contribution in [0.4, 0.5) is 5.69 Å². The van der Waals surface area contributed by atoms with Crippen molar-refractivity contribution in [3.05, 3.63) is 60.4 Å². The van der Waals surface area contributed by atoms with E-state index in [0.29, 0.717) is 6.42 Å². The molecule has 0 aliphatic carbocycles. The molecule has 1 fully saturated rings. The maximum Gasteiger partial charge on any atom is 0.223 e. The summed E-state index contributed by atoms with van der Waals surface area (Å²) in [6, 6.07) is 14.6. The van der Waals surface area contributed by atoms with Crippen LogP contribution in [0.25, 0.3) is 0 Å². The van der Waals surface area contributed by atoms with Gasteiger partial charge in [0.2, 0.25) is 5.91 Å². The molecule has 0 N–H and O–H groups in total. The second-order valence-electron chi connectivity index (χ2n) is 6.83. The first-order valence-electron chi connectivity index (χ1n) is 9.37. The lowest BCUT2D eigenvalue weighted by Crippen LogP contribution is -2.47. The van der Waals surface area contributed by atoms with Gasteiger partial charge in [-0.25, -0.2) is 0 Å². The summed E-state index contributed by atoms with van der Waals surface area (Å²) < 4.78 is 0. The van der Waals surface area contributed by atoms with Crippen molar-refractivity contribution in [2.24, 2.45) is 0 Å². The molecule has 3 rings (SSSR count). The molecule has 1 aromatic heterocycles. The molecule has 1 amide bonds. The highest BCUT2D eigenvalue weighted by Gasteiger charge is 2.18. The van der Waals surface area contributed by atoms with Gasteiger partial charge in [-0.2, -0.15) is 0 Å². The van der Waals surface area contributed by atoms with Gasteiger partial charge in [0.1, 0.15) is 0 Å². The van der Waals surface area contributed by atoms with Gasteiger partial charge in [0.25, 0.3) is 0 Å². The minimum Gasteiger partial charge on any atom is -0.369 e. The fourth-order valence-corrected chi connectivity index (χ4v) is 3.28. The lowest BCUT2D eigenvalue weighted by molar-refractivity contribution is -0.130. The third-order valence-corrected chi connectivity index (χ3v) is 5.05. The first-order chi connectivity index (χ1) is 12.7. The zero-order valence-corrected chi connectivity index (χ0v) is 15.6. The predicted octanol–water partition coefficient (Wildman–Crippen LogP) is 2.29. The van der Waals surface area contributed by atoms with Gasteiger partial charge >= 0.3 is 0 Å². The molecule has 1 aliphatic heterocycles. The van der Waals surface area contributed by atoms with Crippen molar-refractivity contribution in [2.45, 2.75) is 12.8 Å². The van der Waals surface area contributed by atoms with Crippen molar-refractivity contribution in [3.8, 4) is 0 Å². The van der Waals surface area contributed by atoms with E-state index in [2.05, 4.69) is 45.1 Å². The van der Waals surface area contributed by atoms with Crippen LogP contribution in [-0.2, 0) is 11.2 Å². The lowest BCUT2D eigenvalue weighted by atomic mass is 10.2. The number of piperazine rings is 1. The first-order valence-corrected chi connectivity index (χ1v) is 9.37. The maximum atomic E-state index is 12.4. The van der Waals surface area contributed by atoms with Crippen LogP contribution < -0.4 is 4.90 Å². The number of likely N-dealkylation sites (N-methyl/N-ethyl adjacent to an activating group) is 1. The molecule has 0 bridgehead atoms. The highest BCUT2D eigenvalue weighted by atomic mass is 16.2. The van der Waals surface area contributed by atoms with Gasteiger partial charge in [-0.1, -0.05) is 18.2 Å². The Labute approximate surface area is 156 Å². The summed E-state index contributed by atoms with van der Waals surface area (Å²) >= 11 is 0. The molecule has 1 saturated heterocycles. The summed E-state index contributed by atoms with van der Waals surface area (Å²) in [5.41, 5.74) is 2.51. The Balaban J connectivity index is 1.36. The number of nitrogens with zero attached hydrogens (tertiary/aromatic N) is 4. The Morgan fingerprint density at radius 3 is 2.42 bits per heavy atom. The van der Waals surface area contributed by atoms with E-state index >= 15 is 0 Å². The quantitative estimate of drug-likeness (QED) is 0.767. The zero-order valence-electron chi connectivity index (χ0n) is 15.6. The topological polar surface area (TPSA) is 39.7 Å². The lowest BCUT2D eigenvalue weighted by Gasteiger charge is -2.36. The summed E-state index contributed by atoms with van der Waals surface area (Å²) in [4.78, 5) is 23.1. The van der Waals surface area contributed by atoms with Gasteiger partial charge in [-0.15, -0.1) is 0 Å². The van der Waals surface area contributed by atoms with Crippen LogP contribution in [0.2, 0.25) is 0 Å². The van der Waals surface area contributed by atoms with E-state index in [9.17, 15) is 4.79 Å². The van der Waals surface area contributed by atoms with Crippen LogP contribution in [0.15, 0.2) is 54.9 Å².